The molecule has 2 aliphatic rings. The van der Waals surface area contributed by atoms with E-state index < -0.39 is 0 Å². The van der Waals surface area contributed by atoms with Gasteiger partial charge in [-0.3, -0.25) is 4.90 Å². The van der Waals surface area contributed by atoms with E-state index in [1.807, 2.05) is 18.2 Å². The average Bonchev–Trinajstić information content (AvgIpc) is 2.82. The minimum Gasteiger partial charge on any atom is -0.428 e. The number of rotatable bonds is 2. The van der Waals surface area contributed by atoms with Crippen LogP contribution in [0.25, 0.3) is 0 Å². The molecule has 0 aromatic heterocycles. The third-order valence-corrected chi connectivity index (χ3v) is 5.70. The van der Waals surface area contributed by atoms with Crippen molar-refractivity contribution >= 4 is 5.97 Å². The molecule has 1 aliphatic heterocycles. The molecule has 3 nitrogen and oxygen atoms in total. The molecule has 1 aromatic carbocycles. The molecule has 1 aromatic rings. The van der Waals surface area contributed by atoms with Crippen molar-refractivity contribution in [2.75, 3.05) is 13.6 Å². The van der Waals surface area contributed by atoms with Crippen molar-refractivity contribution in [1.82, 2.24) is 4.90 Å². The van der Waals surface area contributed by atoms with E-state index in [4.69, 9.17) is 4.74 Å². The third kappa shape index (κ3) is 3.27. The van der Waals surface area contributed by atoms with E-state index in [1.165, 1.54) is 6.42 Å². The molecule has 0 N–H and O–H groups in total. The lowest BCUT2D eigenvalue weighted by Crippen LogP contribution is -2.37. The number of likely N-dealkylation sites (tertiary alicyclic amines) is 1. The van der Waals surface area contributed by atoms with Gasteiger partial charge < -0.3 is 4.74 Å². The third-order valence-electron chi connectivity index (χ3n) is 5.70. The summed E-state index contributed by atoms with van der Waals surface area (Å²) < 4.78 is 5.74. The number of ether oxygens (including phenoxy) is 1. The topological polar surface area (TPSA) is 29.5 Å². The van der Waals surface area contributed by atoms with E-state index in [2.05, 4.69) is 51.8 Å². The summed E-state index contributed by atoms with van der Waals surface area (Å²) in [6.07, 6.45) is 5.33. The quantitative estimate of drug-likeness (QED) is 0.748. The molecule has 1 fully saturated rings. The Morgan fingerprint density at radius 2 is 2.04 bits per heavy atom. The van der Waals surface area contributed by atoms with Crippen molar-refractivity contribution in [3.05, 3.63) is 47.2 Å². The van der Waals surface area contributed by atoms with Gasteiger partial charge in [-0.1, -0.05) is 39.8 Å². The minimum absolute atomic E-state index is 0.0226. The number of hydrogen-bond acceptors (Lipinski definition) is 3. The summed E-state index contributed by atoms with van der Waals surface area (Å²) in [6, 6.07) is 8.18. The summed E-state index contributed by atoms with van der Waals surface area (Å²) >= 11 is 0. The Balaban J connectivity index is 1.76. The summed E-state index contributed by atoms with van der Waals surface area (Å²) in [5.74, 6) is 0.592. The Hall–Kier alpha value is -1.61. The lowest BCUT2D eigenvalue weighted by atomic mass is 9.75. The zero-order valence-corrected chi connectivity index (χ0v) is 15.6. The van der Waals surface area contributed by atoms with Crippen LogP contribution in [0.5, 0.6) is 0 Å². The maximum atomic E-state index is 12.6. The molecule has 1 unspecified atom stereocenters. The monoisotopic (exact) mass is 327 g/mol. The number of likely N-dealkylation sites (N-methyl/N-ethyl adjacent to an activating group) is 1. The fourth-order valence-corrected chi connectivity index (χ4v) is 3.90. The summed E-state index contributed by atoms with van der Waals surface area (Å²) in [5, 5.41) is 0. The van der Waals surface area contributed by atoms with Crippen molar-refractivity contribution in [1.29, 1.82) is 0 Å². The molecule has 1 heterocycles. The predicted molar refractivity (Wildman–Crippen MR) is 97.0 cm³/mol. The normalized spacial score (nSPS) is 27.5. The number of nitrogens with zero attached hydrogens (tertiary/aromatic N) is 1. The molecule has 3 heteroatoms. The predicted octanol–water partition coefficient (Wildman–Crippen LogP) is 4.53. The highest BCUT2D eigenvalue weighted by Crippen LogP contribution is 2.45. The molecule has 0 saturated carbocycles. The maximum absolute atomic E-state index is 12.6. The van der Waals surface area contributed by atoms with Gasteiger partial charge in [-0.15, -0.1) is 0 Å². The van der Waals surface area contributed by atoms with Crippen LogP contribution in [0.2, 0.25) is 0 Å². The van der Waals surface area contributed by atoms with E-state index >= 15 is 0 Å². The van der Waals surface area contributed by atoms with Gasteiger partial charge in [0.1, 0.15) is 5.76 Å². The molecule has 130 valence electrons. The van der Waals surface area contributed by atoms with Crippen molar-refractivity contribution in [2.24, 2.45) is 5.41 Å². The Labute approximate surface area is 145 Å². The van der Waals surface area contributed by atoms with Gasteiger partial charge in [-0.25, -0.2) is 4.79 Å². The van der Waals surface area contributed by atoms with Crippen LogP contribution in [0.15, 0.2) is 36.1 Å². The average molecular weight is 327 g/mol. The molecular weight excluding hydrogens is 298 g/mol. The molecule has 0 bridgehead atoms. The fraction of sp³-hybridized carbons (Fsp3) is 0.571. The number of carbonyl (C=O) groups is 1. The molecule has 0 radical (unpaired) electrons. The molecular formula is C21H29NO2. The summed E-state index contributed by atoms with van der Waals surface area (Å²) in [4.78, 5) is 14.9. The zero-order chi connectivity index (χ0) is 17.5. The van der Waals surface area contributed by atoms with Gasteiger partial charge in [0, 0.05) is 12.5 Å². The molecule has 0 amide bonds. The standard InChI is InChI=1S/C21H29NO2/c1-20(2,3)16-8-6-7-15(13-16)19(23)24-17-9-10-21(4)11-12-22(5)18(21)14-17/h6-8,13-14,18H,9-12H2,1-5H3/t18?,21-/m0/s1. The Morgan fingerprint density at radius 1 is 1.29 bits per heavy atom. The van der Waals surface area contributed by atoms with Gasteiger partial charge in [-0.05, 0) is 61.0 Å². The summed E-state index contributed by atoms with van der Waals surface area (Å²) in [5.41, 5.74) is 2.14. The van der Waals surface area contributed by atoms with Crippen molar-refractivity contribution < 1.29 is 9.53 Å². The molecule has 0 spiro atoms. The van der Waals surface area contributed by atoms with Gasteiger partial charge in [0.25, 0.3) is 0 Å². The Morgan fingerprint density at radius 3 is 2.75 bits per heavy atom. The van der Waals surface area contributed by atoms with E-state index in [0.29, 0.717) is 17.0 Å². The Kier molecular flexibility index (Phi) is 4.33. The lowest BCUT2D eigenvalue weighted by molar-refractivity contribution is 0.0582. The summed E-state index contributed by atoms with van der Waals surface area (Å²) in [6.45, 7) is 9.92. The Bertz CT molecular complexity index is 671. The second kappa shape index (κ2) is 6.03. The van der Waals surface area contributed by atoms with E-state index in [9.17, 15) is 4.79 Å². The van der Waals surface area contributed by atoms with Crippen LogP contribution >= 0.6 is 0 Å². The first-order valence-corrected chi connectivity index (χ1v) is 8.93. The van der Waals surface area contributed by atoms with Crippen LogP contribution in [0.3, 0.4) is 0 Å². The van der Waals surface area contributed by atoms with Gasteiger partial charge >= 0.3 is 5.97 Å². The number of benzene rings is 1. The van der Waals surface area contributed by atoms with Crippen LogP contribution in [0.1, 0.15) is 62.9 Å². The molecule has 3 rings (SSSR count). The number of allylic oxidation sites excluding steroid dienone is 1. The van der Waals surface area contributed by atoms with E-state index in [1.54, 1.807) is 0 Å². The van der Waals surface area contributed by atoms with Gasteiger partial charge in [0.15, 0.2) is 0 Å². The molecule has 1 aliphatic carbocycles. The smallest absolute Gasteiger partial charge is 0.343 e. The van der Waals surface area contributed by atoms with Crippen LogP contribution in [0, 0.1) is 5.41 Å². The van der Waals surface area contributed by atoms with Gasteiger partial charge in [-0.2, -0.15) is 0 Å². The minimum atomic E-state index is -0.239. The van der Waals surface area contributed by atoms with Crippen molar-refractivity contribution in [2.45, 2.75) is 58.4 Å². The van der Waals surface area contributed by atoms with Gasteiger partial charge in [0.2, 0.25) is 0 Å². The fourth-order valence-electron chi connectivity index (χ4n) is 3.90. The van der Waals surface area contributed by atoms with Gasteiger partial charge in [0.05, 0.1) is 5.56 Å². The van der Waals surface area contributed by atoms with Crippen LogP contribution in [0.4, 0.5) is 0 Å². The van der Waals surface area contributed by atoms with Crippen molar-refractivity contribution in [3.63, 3.8) is 0 Å². The largest absolute Gasteiger partial charge is 0.428 e. The van der Waals surface area contributed by atoms with E-state index in [-0.39, 0.29) is 11.4 Å². The number of fused-ring (bicyclic) bond motifs is 1. The zero-order valence-electron chi connectivity index (χ0n) is 15.6. The second-order valence-corrected chi connectivity index (χ2v) is 8.68. The second-order valence-electron chi connectivity index (χ2n) is 8.68. The first-order valence-electron chi connectivity index (χ1n) is 8.93. The summed E-state index contributed by atoms with van der Waals surface area (Å²) in [7, 11) is 2.16. The highest BCUT2D eigenvalue weighted by molar-refractivity contribution is 5.90. The maximum Gasteiger partial charge on any atom is 0.343 e. The first kappa shape index (κ1) is 17.2. The SMILES string of the molecule is CN1CC[C@]2(C)CCC(OC(=O)c3cccc(C(C)(C)C)c3)=CC12. The molecule has 1 saturated heterocycles. The van der Waals surface area contributed by atoms with Crippen LogP contribution in [-0.4, -0.2) is 30.5 Å². The van der Waals surface area contributed by atoms with Crippen LogP contribution in [-0.2, 0) is 10.2 Å². The van der Waals surface area contributed by atoms with Crippen molar-refractivity contribution in [3.8, 4) is 0 Å². The molecule has 2 atom stereocenters. The highest BCUT2D eigenvalue weighted by Gasteiger charge is 2.43. The first-order chi connectivity index (χ1) is 11.2. The van der Waals surface area contributed by atoms with Crippen LogP contribution < -0.4 is 0 Å². The number of esters is 1. The lowest BCUT2D eigenvalue weighted by Gasteiger charge is -2.36. The molecule has 24 heavy (non-hydrogen) atoms. The van der Waals surface area contributed by atoms with E-state index in [0.717, 1.165) is 30.7 Å². The highest BCUT2D eigenvalue weighted by atomic mass is 16.5. The number of carbonyl (C=O) groups excluding carboxylic acids is 1. The number of hydrogen-bond donors (Lipinski definition) is 0.